The maximum absolute atomic E-state index is 2.56. The summed E-state index contributed by atoms with van der Waals surface area (Å²) in [6.45, 7) is 9.52. The second-order valence-corrected chi connectivity index (χ2v) is 14.2. The van der Waals surface area contributed by atoms with Gasteiger partial charge in [-0.3, -0.25) is 0 Å². The maximum Gasteiger partial charge on any atom is 0.0546 e. The fourth-order valence-electron chi connectivity index (χ4n) is 8.60. The zero-order valence-corrected chi connectivity index (χ0v) is 27.4. The third-order valence-electron chi connectivity index (χ3n) is 10.8. The van der Waals surface area contributed by atoms with Gasteiger partial charge in [0.15, 0.2) is 0 Å². The van der Waals surface area contributed by atoms with Crippen LogP contribution in [-0.4, -0.2) is 0 Å². The second-order valence-electron chi connectivity index (χ2n) is 14.2. The van der Waals surface area contributed by atoms with E-state index in [2.05, 4.69) is 184 Å². The Morgan fingerprint density at radius 2 is 1.04 bits per heavy atom. The van der Waals surface area contributed by atoms with Crippen molar-refractivity contribution in [2.45, 2.75) is 38.5 Å². The minimum absolute atomic E-state index is 0.104. The zero-order valence-electron chi connectivity index (χ0n) is 27.4. The molecule has 0 atom stereocenters. The summed E-state index contributed by atoms with van der Waals surface area (Å²) in [7, 11) is 0. The van der Waals surface area contributed by atoms with Gasteiger partial charge in [-0.05, 0) is 85.1 Å². The molecule has 7 aromatic carbocycles. The third kappa shape index (κ3) is 3.96. The van der Waals surface area contributed by atoms with Gasteiger partial charge in [-0.25, -0.2) is 0 Å². The van der Waals surface area contributed by atoms with E-state index in [0.29, 0.717) is 0 Å². The average molecular weight is 604 g/mol. The molecule has 0 N–H and O–H groups in total. The van der Waals surface area contributed by atoms with Gasteiger partial charge in [-0.15, -0.1) is 0 Å². The van der Waals surface area contributed by atoms with Crippen LogP contribution in [0.15, 0.2) is 152 Å². The maximum atomic E-state index is 2.56. The first-order valence-electron chi connectivity index (χ1n) is 16.7. The third-order valence-corrected chi connectivity index (χ3v) is 10.8. The molecule has 1 nitrogen and oxygen atoms in total. The Labute approximate surface area is 277 Å². The fraction of sp³-hybridized carbons (Fsp3) is 0.130. The molecule has 47 heavy (non-hydrogen) atoms. The number of hydrogen-bond acceptors (Lipinski definition) is 1. The molecule has 0 radical (unpaired) electrons. The first kappa shape index (κ1) is 27.9. The summed E-state index contributed by atoms with van der Waals surface area (Å²) < 4.78 is 0. The summed E-state index contributed by atoms with van der Waals surface area (Å²) in [6.07, 6.45) is 0. The molecule has 0 saturated carbocycles. The van der Waals surface area contributed by atoms with Gasteiger partial charge in [-0.1, -0.05) is 155 Å². The van der Waals surface area contributed by atoms with Gasteiger partial charge in [0.25, 0.3) is 0 Å². The molecule has 7 aromatic rings. The molecule has 0 bridgehead atoms. The molecule has 0 spiro atoms. The van der Waals surface area contributed by atoms with Gasteiger partial charge in [0.1, 0.15) is 0 Å². The molecule has 226 valence electrons. The van der Waals surface area contributed by atoms with Crippen LogP contribution < -0.4 is 4.90 Å². The van der Waals surface area contributed by atoms with Crippen molar-refractivity contribution in [3.8, 4) is 33.4 Å². The monoisotopic (exact) mass is 603 g/mol. The summed E-state index contributed by atoms with van der Waals surface area (Å²) in [4.78, 5) is 2.56. The Morgan fingerprint density at radius 3 is 1.83 bits per heavy atom. The number of rotatable bonds is 4. The molecule has 2 aliphatic rings. The number of benzene rings is 7. The Morgan fingerprint density at radius 1 is 0.426 bits per heavy atom. The quantitative estimate of drug-likeness (QED) is 0.193. The number of fused-ring (bicyclic) bond motifs is 7. The fourth-order valence-corrected chi connectivity index (χ4v) is 8.60. The topological polar surface area (TPSA) is 3.24 Å². The predicted octanol–water partition coefficient (Wildman–Crippen LogP) is 12.6. The molecule has 0 unspecified atom stereocenters. The van der Waals surface area contributed by atoms with Crippen LogP contribution in [-0.2, 0) is 10.8 Å². The molecular formula is C46H37N. The van der Waals surface area contributed by atoms with Crippen molar-refractivity contribution in [2.24, 2.45) is 0 Å². The number of anilines is 3. The van der Waals surface area contributed by atoms with Crippen molar-refractivity contribution in [1.82, 2.24) is 0 Å². The largest absolute Gasteiger partial charge is 0.310 e. The van der Waals surface area contributed by atoms with Crippen LogP contribution in [0.3, 0.4) is 0 Å². The molecule has 1 heteroatoms. The minimum atomic E-state index is -0.170. The van der Waals surface area contributed by atoms with Gasteiger partial charge in [0, 0.05) is 22.1 Å². The van der Waals surface area contributed by atoms with Gasteiger partial charge >= 0.3 is 0 Å². The van der Waals surface area contributed by atoms with Crippen LogP contribution in [0.5, 0.6) is 0 Å². The van der Waals surface area contributed by atoms with E-state index in [1.807, 2.05) is 0 Å². The summed E-state index contributed by atoms with van der Waals surface area (Å²) in [5, 5.41) is 2.50. The predicted molar refractivity (Wildman–Crippen MR) is 199 cm³/mol. The zero-order chi connectivity index (χ0) is 31.9. The molecule has 2 aliphatic carbocycles. The van der Waals surface area contributed by atoms with E-state index >= 15 is 0 Å². The van der Waals surface area contributed by atoms with E-state index in [1.54, 1.807) is 0 Å². The number of hydrogen-bond donors (Lipinski definition) is 0. The van der Waals surface area contributed by atoms with Crippen molar-refractivity contribution in [1.29, 1.82) is 0 Å². The highest BCUT2D eigenvalue weighted by molar-refractivity contribution is 6.06. The Hall–Kier alpha value is -5.40. The first-order chi connectivity index (χ1) is 22.9. The standard InChI is InChI=1S/C46H37N/c1-45(2)38-22-12-10-19-34(38)36-27-26-32(29-40(36)45)47(42-24-14-21-37-35-20-11-13-23-39(35)46(3,4)44(37)42)41-28-25-30-15-8-9-18-33(30)43(41)31-16-6-5-7-17-31/h5-29H,1-4H3. The van der Waals surface area contributed by atoms with Crippen LogP contribution in [0.1, 0.15) is 49.9 Å². The van der Waals surface area contributed by atoms with Crippen molar-refractivity contribution in [2.75, 3.05) is 4.90 Å². The lowest BCUT2D eigenvalue weighted by Gasteiger charge is -2.34. The van der Waals surface area contributed by atoms with E-state index in [4.69, 9.17) is 0 Å². The lowest BCUT2D eigenvalue weighted by atomic mass is 9.80. The van der Waals surface area contributed by atoms with Crippen LogP contribution >= 0.6 is 0 Å². The van der Waals surface area contributed by atoms with Crippen molar-refractivity contribution in [3.05, 3.63) is 174 Å². The molecule has 0 heterocycles. The van der Waals surface area contributed by atoms with Gasteiger partial charge in [0.05, 0.1) is 11.4 Å². The van der Waals surface area contributed by atoms with E-state index in [0.717, 1.165) is 0 Å². The van der Waals surface area contributed by atoms with E-state index < -0.39 is 0 Å². The van der Waals surface area contributed by atoms with Crippen LogP contribution in [0, 0.1) is 0 Å². The van der Waals surface area contributed by atoms with Crippen LogP contribution in [0.2, 0.25) is 0 Å². The molecule has 0 amide bonds. The van der Waals surface area contributed by atoms with E-state index in [-0.39, 0.29) is 10.8 Å². The van der Waals surface area contributed by atoms with Gasteiger partial charge in [-0.2, -0.15) is 0 Å². The SMILES string of the molecule is CC1(C)c2ccccc2-c2ccc(N(c3cccc4c3C(C)(C)c3ccccc3-4)c3ccc4ccccc4c3-c3ccccc3)cc21. The summed E-state index contributed by atoms with van der Waals surface area (Å²) in [6, 6.07) is 56.3. The van der Waals surface area contributed by atoms with Gasteiger partial charge in [0.2, 0.25) is 0 Å². The highest BCUT2D eigenvalue weighted by atomic mass is 15.1. The summed E-state index contributed by atoms with van der Waals surface area (Å²) in [5.41, 5.74) is 16.6. The van der Waals surface area contributed by atoms with Gasteiger partial charge < -0.3 is 4.90 Å². The minimum Gasteiger partial charge on any atom is -0.310 e. The van der Waals surface area contributed by atoms with Crippen LogP contribution in [0.4, 0.5) is 17.1 Å². The summed E-state index contributed by atoms with van der Waals surface area (Å²) in [5.74, 6) is 0. The normalized spacial score (nSPS) is 14.7. The number of nitrogens with zero attached hydrogens (tertiary/aromatic N) is 1. The van der Waals surface area contributed by atoms with Crippen molar-refractivity contribution in [3.63, 3.8) is 0 Å². The molecule has 0 aromatic heterocycles. The molecule has 0 aliphatic heterocycles. The Kier molecular flexibility index (Phi) is 5.96. The highest BCUT2D eigenvalue weighted by Crippen LogP contribution is 2.56. The van der Waals surface area contributed by atoms with Crippen LogP contribution in [0.25, 0.3) is 44.2 Å². The average Bonchev–Trinajstić information content (AvgIpc) is 3.48. The smallest absolute Gasteiger partial charge is 0.0546 e. The Bertz CT molecular complexity index is 2360. The van der Waals surface area contributed by atoms with E-state index in [1.165, 1.54) is 83.5 Å². The highest BCUT2D eigenvalue weighted by Gasteiger charge is 2.40. The lowest BCUT2D eigenvalue weighted by molar-refractivity contribution is 0.658. The molecule has 9 rings (SSSR count). The molecular weight excluding hydrogens is 567 g/mol. The first-order valence-corrected chi connectivity index (χ1v) is 16.7. The summed E-state index contributed by atoms with van der Waals surface area (Å²) >= 11 is 0. The molecule has 0 saturated heterocycles. The molecule has 0 fully saturated rings. The van der Waals surface area contributed by atoms with Crippen molar-refractivity contribution < 1.29 is 0 Å². The Balaban J connectivity index is 1.38. The lowest BCUT2D eigenvalue weighted by Crippen LogP contribution is -2.21. The van der Waals surface area contributed by atoms with Crippen molar-refractivity contribution >= 4 is 27.8 Å². The van der Waals surface area contributed by atoms with E-state index in [9.17, 15) is 0 Å². The second kappa shape index (κ2) is 10.0.